The molecule has 3 rings (SSSR count). The Balaban J connectivity index is 1.79. The van der Waals surface area contributed by atoms with Gasteiger partial charge in [0.2, 0.25) is 0 Å². The Bertz CT molecular complexity index is 1150. The van der Waals surface area contributed by atoms with E-state index in [0.29, 0.717) is 28.5 Å². The minimum atomic E-state index is -0.488. The van der Waals surface area contributed by atoms with Gasteiger partial charge in [0.15, 0.2) is 11.5 Å². The fourth-order valence-corrected chi connectivity index (χ4v) is 3.54. The van der Waals surface area contributed by atoms with Crippen molar-refractivity contribution < 1.29 is 14.5 Å². The number of carbonyl (C=O) groups excluding carboxylic acids is 1. The molecule has 0 saturated carbocycles. The van der Waals surface area contributed by atoms with Crippen LogP contribution >= 0.6 is 11.7 Å². The SMILES string of the molecule is CNc1nsnc1C(=O)N/N=C/c1ccc(OC)c(Cn2nc(C)c([N+](=O)[O-])c2C)c1. The second kappa shape index (κ2) is 9.30. The minimum Gasteiger partial charge on any atom is -0.496 e. The lowest BCUT2D eigenvalue weighted by Gasteiger charge is -2.10. The van der Waals surface area contributed by atoms with Crippen molar-refractivity contribution in [3.05, 3.63) is 56.5 Å². The smallest absolute Gasteiger partial charge is 0.312 e. The van der Waals surface area contributed by atoms with E-state index in [4.69, 9.17) is 4.74 Å². The number of nitro groups is 1. The number of methoxy groups -OCH3 is 1. The number of hydrazone groups is 1. The molecule has 162 valence electrons. The number of nitrogens with one attached hydrogen (secondary N) is 2. The Morgan fingerprint density at radius 2 is 2.16 bits per heavy atom. The third-order valence-corrected chi connectivity index (χ3v) is 5.00. The first-order valence-electron chi connectivity index (χ1n) is 9.04. The molecule has 12 nitrogen and oxygen atoms in total. The van der Waals surface area contributed by atoms with Gasteiger partial charge in [-0.25, -0.2) is 5.43 Å². The molecular weight excluding hydrogens is 424 g/mol. The molecule has 0 spiro atoms. The van der Waals surface area contributed by atoms with Gasteiger partial charge >= 0.3 is 5.69 Å². The van der Waals surface area contributed by atoms with Crippen molar-refractivity contribution >= 4 is 35.4 Å². The largest absolute Gasteiger partial charge is 0.496 e. The van der Waals surface area contributed by atoms with E-state index in [9.17, 15) is 14.9 Å². The van der Waals surface area contributed by atoms with Gasteiger partial charge in [-0.1, -0.05) is 0 Å². The Kier molecular flexibility index (Phi) is 6.55. The van der Waals surface area contributed by atoms with E-state index in [2.05, 4.69) is 29.7 Å². The number of nitrogens with zero attached hydrogens (tertiary/aromatic N) is 6. The van der Waals surface area contributed by atoms with Gasteiger partial charge in [-0.15, -0.1) is 0 Å². The maximum absolute atomic E-state index is 12.2. The molecule has 31 heavy (non-hydrogen) atoms. The molecule has 0 fully saturated rings. The topological polar surface area (TPSA) is 149 Å². The van der Waals surface area contributed by atoms with Crippen molar-refractivity contribution in [1.82, 2.24) is 24.0 Å². The lowest BCUT2D eigenvalue weighted by molar-refractivity contribution is -0.386. The zero-order valence-electron chi connectivity index (χ0n) is 17.2. The molecule has 0 atom stereocenters. The molecule has 0 radical (unpaired) electrons. The highest BCUT2D eigenvalue weighted by Gasteiger charge is 2.22. The van der Waals surface area contributed by atoms with Crippen LogP contribution in [0, 0.1) is 24.0 Å². The summed E-state index contributed by atoms with van der Waals surface area (Å²) in [5, 5.41) is 22.3. The lowest BCUT2D eigenvalue weighted by Crippen LogP contribution is -2.19. The number of hydrogen-bond acceptors (Lipinski definition) is 10. The summed E-state index contributed by atoms with van der Waals surface area (Å²) in [6.45, 7) is 3.52. The highest BCUT2D eigenvalue weighted by atomic mass is 32.1. The summed E-state index contributed by atoms with van der Waals surface area (Å²) in [5.74, 6) is 0.491. The number of ether oxygens (including phenoxy) is 1. The fraction of sp³-hybridized carbons (Fsp3) is 0.278. The number of carbonyl (C=O) groups is 1. The summed E-state index contributed by atoms with van der Waals surface area (Å²) in [6.07, 6.45) is 1.48. The maximum Gasteiger partial charge on any atom is 0.312 e. The second-order valence-electron chi connectivity index (χ2n) is 6.42. The van der Waals surface area contributed by atoms with Crippen LogP contribution in [-0.2, 0) is 6.54 Å². The first-order chi connectivity index (χ1) is 14.8. The molecule has 3 aromatic rings. The molecule has 0 bridgehead atoms. The molecule has 13 heteroatoms. The van der Waals surface area contributed by atoms with Crippen LogP contribution in [0.4, 0.5) is 11.5 Å². The van der Waals surface area contributed by atoms with Crippen molar-refractivity contribution in [3.63, 3.8) is 0 Å². The van der Waals surface area contributed by atoms with Crippen molar-refractivity contribution in [2.45, 2.75) is 20.4 Å². The second-order valence-corrected chi connectivity index (χ2v) is 6.94. The van der Waals surface area contributed by atoms with Gasteiger partial charge in [0.1, 0.15) is 17.1 Å². The molecular formula is C18H20N8O4S. The van der Waals surface area contributed by atoms with Crippen LogP contribution in [0.15, 0.2) is 23.3 Å². The third kappa shape index (κ3) is 4.66. The number of rotatable bonds is 8. The van der Waals surface area contributed by atoms with E-state index >= 15 is 0 Å². The van der Waals surface area contributed by atoms with Gasteiger partial charge in [0.05, 0.1) is 36.5 Å². The van der Waals surface area contributed by atoms with Gasteiger partial charge in [0, 0.05) is 12.6 Å². The highest BCUT2D eigenvalue weighted by molar-refractivity contribution is 6.99. The van der Waals surface area contributed by atoms with Crippen LogP contribution in [-0.4, -0.2) is 49.7 Å². The van der Waals surface area contributed by atoms with Crippen molar-refractivity contribution in [3.8, 4) is 5.75 Å². The number of benzene rings is 1. The first-order valence-corrected chi connectivity index (χ1v) is 9.77. The van der Waals surface area contributed by atoms with Crippen molar-refractivity contribution in [2.24, 2.45) is 5.10 Å². The molecule has 2 N–H and O–H groups in total. The van der Waals surface area contributed by atoms with Crippen LogP contribution in [0.3, 0.4) is 0 Å². The normalized spacial score (nSPS) is 11.0. The van der Waals surface area contributed by atoms with E-state index in [1.807, 2.05) is 0 Å². The number of aryl methyl sites for hydroxylation is 1. The van der Waals surface area contributed by atoms with Gasteiger partial charge in [-0.2, -0.15) is 18.9 Å². The third-order valence-electron chi connectivity index (χ3n) is 4.47. The molecule has 2 aromatic heterocycles. The Morgan fingerprint density at radius 3 is 2.81 bits per heavy atom. The van der Waals surface area contributed by atoms with Gasteiger partial charge in [-0.05, 0) is 37.6 Å². The standard InChI is InChI=1S/C18H20N8O4S/c1-10-16(26(28)29)11(2)25(22-10)9-13-7-12(5-6-14(13)30-4)8-20-21-18(27)15-17(19-3)24-31-23-15/h5-8H,9H2,1-4H3,(H,19,24)(H,21,27)/b20-8+. The zero-order valence-corrected chi connectivity index (χ0v) is 18.1. The monoisotopic (exact) mass is 444 g/mol. The fourth-order valence-electron chi connectivity index (χ4n) is 2.99. The molecule has 2 heterocycles. The maximum atomic E-state index is 12.2. The number of aromatic nitrogens is 4. The molecule has 0 aliphatic rings. The summed E-state index contributed by atoms with van der Waals surface area (Å²) >= 11 is 0.922. The van der Waals surface area contributed by atoms with Crippen LogP contribution in [0.25, 0.3) is 0 Å². The number of hydrogen-bond donors (Lipinski definition) is 2. The van der Waals surface area contributed by atoms with Gasteiger partial charge < -0.3 is 10.1 Å². The van der Waals surface area contributed by atoms with Gasteiger partial charge in [-0.3, -0.25) is 19.6 Å². The van der Waals surface area contributed by atoms with Crippen LogP contribution in [0.1, 0.15) is 33.0 Å². The van der Waals surface area contributed by atoms with E-state index in [-0.39, 0.29) is 17.9 Å². The van der Waals surface area contributed by atoms with Crippen molar-refractivity contribution in [2.75, 3.05) is 19.5 Å². The summed E-state index contributed by atoms with van der Waals surface area (Å²) in [5.41, 5.74) is 4.80. The van der Waals surface area contributed by atoms with E-state index in [0.717, 1.165) is 17.3 Å². The quantitative estimate of drug-likeness (QED) is 0.305. The number of anilines is 1. The minimum absolute atomic E-state index is 0.00290. The predicted molar refractivity (Wildman–Crippen MR) is 115 cm³/mol. The zero-order chi connectivity index (χ0) is 22.5. The molecule has 0 aliphatic heterocycles. The average molecular weight is 444 g/mol. The Morgan fingerprint density at radius 1 is 1.39 bits per heavy atom. The van der Waals surface area contributed by atoms with Crippen LogP contribution < -0.4 is 15.5 Å². The summed E-state index contributed by atoms with van der Waals surface area (Å²) in [4.78, 5) is 23.0. The van der Waals surface area contributed by atoms with Gasteiger partial charge in [0.25, 0.3) is 5.91 Å². The molecule has 0 unspecified atom stereocenters. The van der Waals surface area contributed by atoms with E-state index in [1.165, 1.54) is 13.3 Å². The lowest BCUT2D eigenvalue weighted by atomic mass is 10.1. The summed E-state index contributed by atoms with van der Waals surface area (Å²) < 4.78 is 14.9. The van der Waals surface area contributed by atoms with E-state index in [1.54, 1.807) is 43.8 Å². The summed E-state index contributed by atoms with van der Waals surface area (Å²) in [6, 6.07) is 5.33. The van der Waals surface area contributed by atoms with Crippen LogP contribution in [0.2, 0.25) is 0 Å². The van der Waals surface area contributed by atoms with Crippen LogP contribution in [0.5, 0.6) is 5.75 Å². The van der Waals surface area contributed by atoms with Crippen molar-refractivity contribution in [1.29, 1.82) is 0 Å². The number of amides is 1. The Labute approximate surface area is 181 Å². The molecule has 0 aliphatic carbocycles. The molecule has 0 saturated heterocycles. The molecule has 1 amide bonds. The van der Waals surface area contributed by atoms with E-state index < -0.39 is 10.8 Å². The predicted octanol–water partition coefficient (Wildman–Crippen LogP) is 2.12. The average Bonchev–Trinajstić information content (AvgIpc) is 3.32. The Hall–Kier alpha value is -3.87. The highest BCUT2D eigenvalue weighted by Crippen LogP contribution is 2.25. The summed E-state index contributed by atoms with van der Waals surface area (Å²) in [7, 11) is 3.19. The first kappa shape index (κ1) is 21.8. The molecule has 1 aromatic carbocycles.